The first kappa shape index (κ1) is 16.5. The molecular weight excluding hydrogens is 309 g/mol. The van der Waals surface area contributed by atoms with E-state index >= 15 is 0 Å². The highest BCUT2D eigenvalue weighted by atomic mass is 19.1. The molecule has 2 aromatic rings. The number of aliphatic hydroxyl groups excluding tert-OH is 1. The van der Waals surface area contributed by atoms with Crippen molar-refractivity contribution < 1.29 is 14.3 Å². The molecule has 1 amide bonds. The summed E-state index contributed by atoms with van der Waals surface area (Å²) in [6.45, 7) is 1.75. The molecule has 0 spiro atoms. The van der Waals surface area contributed by atoms with Gasteiger partial charge in [0.15, 0.2) is 0 Å². The van der Waals surface area contributed by atoms with Crippen molar-refractivity contribution in [2.45, 2.75) is 31.9 Å². The van der Waals surface area contributed by atoms with Gasteiger partial charge >= 0.3 is 0 Å². The van der Waals surface area contributed by atoms with Gasteiger partial charge in [-0.05, 0) is 48.7 Å². The van der Waals surface area contributed by atoms with Gasteiger partial charge in [0.25, 0.3) is 0 Å². The lowest BCUT2D eigenvalue weighted by atomic mass is 9.94. The molecule has 0 aliphatic carbocycles. The van der Waals surface area contributed by atoms with Crippen molar-refractivity contribution in [1.29, 1.82) is 0 Å². The molecule has 126 valence electrons. The minimum absolute atomic E-state index is 0.217. The number of nitrogens with zero attached hydrogens (tertiary/aromatic N) is 1. The van der Waals surface area contributed by atoms with E-state index in [1.54, 1.807) is 25.3 Å². The number of benzene rings is 1. The van der Waals surface area contributed by atoms with Crippen molar-refractivity contribution in [3.63, 3.8) is 0 Å². The predicted octanol–water partition coefficient (Wildman–Crippen LogP) is 2.62. The standard InChI is InChI=1S/C18H20FN3O2/c1-10-6-13(23)9-15(20)17-7-11(4-5-21-17)14-8-12(19)2-3-16(14)22-18(10)24/h2-5,7-8,10,13,15,23H,6,9,20H2,1H3,(H,22,24). The molecule has 3 unspecified atom stereocenters. The van der Waals surface area contributed by atoms with Crippen molar-refractivity contribution >= 4 is 11.6 Å². The van der Waals surface area contributed by atoms with Crippen LogP contribution in [0, 0.1) is 11.7 Å². The summed E-state index contributed by atoms with van der Waals surface area (Å²) in [6.07, 6.45) is 1.51. The second kappa shape index (κ2) is 6.67. The van der Waals surface area contributed by atoms with E-state index in [0.29, 0.717) is 35.3 Å². The van der Waals surface area contributed by atoms with Gasteiger partial charge in [-0.3, -0.25) is 9.78 Å². The minimum Gasteiger partial charge on any atom is -0.393 e. The van der Waals surface area contributed by atoms with Gasteiger partial charge in [0.1, 0.15) is 5.82 Å². The number of fused-ring (bicyclic) bond motifs is 4. The molecular formula is C18H20FN3O2. The maximum Gasteiger partial charge on any atom is 0.227 e. The monoisotopic (exact) mass is 329 g/mol. The molecule has 1 aliphatic rings. The molecule has 5 nitrogen and oxygen atoms in total. The summed E-state index contributed by atoms with van der Waals surface area (Å²) in [5.41, 5.74) is 8.58. The maximum absolute atomic E-state index is 13.7. The Balaban J connectivity index is 2.13. The third-order valence-electron chi connectivity index (χ3n) is 4.31. The largest absolute Gasteiger partial charge is 0.393 e. The number of hydrogen-bond donors (Lipinski definition) is 3. The van der Waals surface area contributed by atoms with Gasteiger partial charge in [-0.15, -0.1) is 0 Å². The van der Waals surface area contributed by atoms with Gasteiger partial charge < -0.3 is 16.2 Å². The van der Waals surface area contributed by atoms with Crippen LogP contribution in [0.4, 0.5) is 10.1 Å². The number of rotatable bonds is 0. The van der Waals surface area contributed by atoms with E-state index in [-0.39, 0.29) is 11.7 Å². The quantitative estimate of drug-likeness (QED) is 0.693. The SMILES string of the molecule is CC1CC(O)CC(N)c2cc(ccn2)-c2cc(F)ccc2NC1=O. The summed E-state index contributed by atoms with van der Waals surface area (Å²) >= 11 is 0. The number of amides is 1. The fourth-order valence-corrected chi connectivity index (χ4v) is 2.96. The van der Waals surface area contributed by atoms with E-state index in [2.05, 4.69) is 10.3 Å². The van der Waals surface area contributed by atoms with Crippen LogP contribution in [0.3, 0.4) is 0 Å². The third-order valence-corrected chi connectivity index (χ3v) is 4.31. The Morgan fingerprint density at radius 1 is 1.29 bits per heavy atom. The van der Waals surface area contributed by atoms with Gasteiger partial charge in [-0.2, -0.15) is 0 Å². The number of pyridine rings is 1. The highest BCUT2D eigenvalue weighted by molar-refractivity contribution is 5.96. The van der Waals surface area contributed by atoms with Crippen molar-refractivity contribution in [3.8, 4) is 11.1 Å². The first-order valence-corrected chi connectivity index (χ1v) is 7.94. The van der Waals surface area contributed by atoms with Crippen LogP contribution in [0.1, 0.15) is 31.5 Å². The molecule has 3 rings (SSSR count). The van der Waals surface area contributed by atoms with Crippen LogP contribution in [0.2, 0.25) is 0 Å². The van der Waals surface area contributed by atoms with Crippen molar-refractivity contribution in [2.75, 3.05) is 5.32 Å². The normalized spacial score (nSPS) is 24.3. The first-order chi connectivity index (χ1) is 11.4. The molecule has 0 saturated heterocycles. The Hall–Kier alpha value is -2.31. The molecule has 4 N–H and O–H groups in total. The van der Waals surface area contributed by atoms with E-state index in [0.717, 1.165) is 0 Å². The van der Waals surface area contributed by atoms with Gasteiger partial charge in [0, 0.05) is 29.4 Å². The fraction of sp³-hybridized carbons (Fsp3) is 0.333. The molecule has 0 fully saturated rings. The summed E-state index contributed by atoms with van der Waals surface area (Å²) < 4.78 is 13.7. The Morgan fingerprint density at radius 3 is 2.88 bits per heavy atom. The second-order valence-electron chi connectivity index (χ2n) is 6.28. The van der Waals surface area contributed by atoms with Crippen molar-refractivity contribution in [1.82, 2.24) is 4.98 Å². The number of carbonyl (C=O) groups excluding carboxylic acids is 1. The highest BCUT2D eigenvalue weighted by Gasteiger charge is 2.23. The third kappa shape index (κ3) is 3.44. The van der Waals surface area contributed by atoms with Gasteiger partial charge in [0.2, 0.25) is 5.91 Å². The van der Waals surface area contributed by atoms with E-state index in [1.165, 1.54) is 18.2 Å². The second-order valence-corrected chi connectivity index (χ2v) is 6.28. The zero-order valence-electron chi connectivity index (χ0n) is 13.4. The molecule has 6 heteroatoms. The summed E-state index contributed by atoms with van der Waals surface area (Å²) in [4.78, 5) is 16.6. The molecule has 0 saturated carbocycles. The lowest BCUT2D eigenvalue weighted by Gasteiger charge is -2.22. The van der Waals surface area contributed by atoms with Gasteiger partial charge in [-0.1, -0.05) is 6.92 Å². The number of nitrogens with two attached hydrogens (primary N) is 1. The van der Waals surface area contributed by atoms with E-state index in [9.17, 15) is 14.3 Å². The maximum atomic E-state index is 13.7. The molecule has 1 aromatic carbocycles. The van der Waals surface area contributed by atoms with Crippen molar-refractivity contribution in [3.05, 3.63) is 48.0 Å². The summed E-state index contributed by atoms with van der Waals surface area (Å²) in [7, 11) is 0. The fourth-order valence-electron chi connectivity index (χ4n) is 2.96. The average molecular weight is 329 g/mol. The number of aliphatic hydroxyl groups is 1. The van der Waals surface area contributed by atoms with E-state index in [1.807, 2.05) is 0 Å². The number of aromatic nitrogens is 1. The number of anilines is 1. The van der Waals surface area contributed by atoms with Gasteiger partial charge in [-0.25, -0.2) is 4.39 Å². The zero-order valence-corrected chi connectivity index (χ0v) is 13.4. The summed E-state index contributed by atoms with van der Waals surface area (Å²) in [5, 5.41) is 13.0. The molecule has 2 bridgehead atoms. The van der Waals surface area contributed by atoms with Crippen molar-refractivity contribution in [2.24, 2.45) is 11.7 Å². The highest BCUT2D eigenvalue weighted by Crippen LogP contribution is 2.31. The molecule has 24 heavy (non-hydrogen) atoms. The smallest absolute Gasteiger partial charge is 0.227 e. The van der Waals surface area contributed by atoms with Crippen LogP contribution in [-0.2, 0) is 4.79 Å². The molecule has 2 heterocycles. The topological polar surface area (TPSA) is 88.2 Å². The van der Waals surface area contributed by atoms with Crippen LogP contribution in [0.25, 0.3) is 11.1 Å². The average Bonchev–Trinajstić information content (AvgIpc) is 2.55. The van der Waals surface area contributed by atoms with E-state index in [4.69, 9.17) is 5.73 Å². The van der Waals surface area contributed by atoms with Crippen LogP contribution in [-0.4, -0.2) is 22.1 Å². The number of halogens is 1. The zero-order chi connectivity index (χ0) is 17.3. The lowest BCUT2D eigenvalue weighted by molar-refractivity contribution is -0.120. The molecule has 1 aromatic heterocycles. The first-order valence-electron chi connectivity index (χ1n) is 7.94. The van der Waals surface area contributed by atoms with E-state index < -0.39 is 18.1 Å². The molecule has 3 atom stereocenters. The number of hydrogen-bond acceptors (Lipinski definition) is 4. The Labute approximate surface area is 139 Å². The molecule has 0 radical (unpaired) electrons. The summed E-state index contributed by atoms with van der Waals surface area (Å²) in [5.74, 6) is -0.998. The predicted molar refractivity (Wildman–Crippen MR) is 89.6 cm³/mol. The molecule has 1 aliphatic heterocycles. The minimum atomic E-state index is -0.696. The number of carbonyl (C=O) groups is 1. The number of nitrogens with one attached hydrogen (secondary N) is 1. The van der Waals surface area contributed by atoms with Crippen LogP contribution < -0.4 is 11.1 Å². The Morgan fingerprint density at radius 2 is 2.08 bits per heavy atom. The van der Waals surface area contributed by atoms with Crippen LogP contribution >= 0.6 is 0 Å². The summed E-state index contributed by atoms with van der Waals surface area (Å²) in [6, 6.07) is 7.28. The lowest BCUT2D eigenvalue weighted by Crippen LogP contribution is -2.27. The Kier molecular flexibility index (Phi) is 4.59. The van der Waals surface area contributed by atoms with Gasteiger partial charge in [0.05, 0.1) is 11.8 Å². The Bertz CT molecular complexity index is 766. The van der Waals surface area contributed by atoms with Crippen LogP contribution in [0.15, 0.2) is 36.5 Å². The van der Waals surface area contributed by atoms with Crippen LogP contribution in [0.5, 0.6) is 0 Å².